The van der Waals surface area contributed by atoms with E-state index in [2.05, 4.69) is 11.1 Å². The number of hydrogen-bond acceptors (Lipinski definition) is 5. The summed E-state index contributed by atoms with van der Waals surface area (Å²) in [6.07, 6.45) is -4.71. The molecule has 0 spiro atoms. The Kier molecular flexibility index (Phi) is 9.24. The SMILES string of the molecule is CCOc1ccc(C#N)cc1C(C)(C)c1cc(OC)c(C(C)(C)c2nc(OC)c(C(C)C)cc2Cl)cc1C(F)(F)F. The van der Waals surface area contributed by atoms with Crippen molar-refractivity contribution in [1.29, 1.82) is 5.26 Å². The molecule has 1 heterocycles. The minimum Gasteiger partial charge on any atom is -0.496 e. The zero-order chi connectivity index (χ0) is 30.9. The third kappa shape index (κ3) is 6.11. The van der Waals surface area contributed by atoms with Crippen LogP contribution in [0.4, 0.5) is 13.2 Å². The van der Waals surface area contributed by atoms with E-state index in [1.165, 1.54) is 20.3 Å². The van der Waals surface area contributed by atoms with Crippen LogP contribution in [-0.2, 0) is 17.0 Å². The molecule has 0 unspecified atom stereocenters. The molecule has 0 saturated heterocycles. The second-order valence-corrected chi connectivity index (χ2v) is 11.6. The molecule has 0 saturated carbocycles. The van der Waals surface area contributed by atoms with Gasteiger partial charge in [0, 0.05) is 27.5 Å². The van der Waals surface area contributed by atoms with Crippen molar-refractivity contribution in [3.63, 3.8) is 0 Å². The molecule has 9 heteroatoms. The van der Waals surface area contributed by atoms with Crippen LogP contribution >= 0.6 is 11.6 Å². The molecule has 1 aromatic heterocycles. The Morgan fingerprint density at radius 3 is 2.02 bits per heavy atom. The lowest BCUT2D eigenvalue weighted by Crippen LogP contribution is -2.28. The van der Waals surface area contributed by atoms with Crippen LogP contribution in [0.2, 0.25) is 5.02 Å². The van der Waals surface area contributed by atoms with E-state index in [0.717, 1.165) is 11.6 Å². The zero-order valence-electron chi connectivity index (χ0n) is 24.9. The molecule has 41 heavy (non-hydrogen) atoms. The second-order valence-electron chi connectivity index (χ2n) is 11.2. The first-order valence-electron chi connectivity index (χ1n) is 13.3. The average molecular weight is 589 g/mol. The molecular weight excluding hydrogens is 553 g/mol. The Bertz CT molecular complexity index is 1470. The van der Waals surface area contributed by atoms with E-state index in [9.17, 15) is 18.4 Å². The molecule has 2 aromatic carbocycles. The molecule has 0 bridgehead atoms. The summed E-state index contributed by atoms with van der Waals surface area (Å²) >= 11 is 6.70. The van der Waals surface area contributed by atoms with Gasteiger partial charge in [-0.05, 0) is 68.7 Å². The minimum absolute atomic E-state index is 0.0239. The fraction of sp³-hybridized carbons (Fsp3) is 0.438. The number of rotatable bonds is 9. The number of nitrogens with zero attached hydrogens (tertiary/aromatic N) is 2. The predicted octanol–water partition coefficient (Wildman–Crippen LogP) is 8.82. The van der Waals surface area contributed by atoms with Gasteiger partial charge in [0.2, 0.25) is 5.88 Å². The fourth-order valence-corrected chi connectivity index (χ4v) is 5.53. The maximum Gasteiger partial charge on any atom is 0.416 e. The van der Waals surface area contributed by atoms with E-state index in [1.807, 2.05) is 13.8 Å². The summed E-state index contributed by atoms with van der Waals surface area (Å²) < 4.78 is 61.5. The fourth-order valence-electron chi connectivity index (χ4n) is 5.13. The van der Waals surface area contributed by atoms with Gasteiger partial charge >= 0.3 is 6.18 Å². The van der Waals surface area contributed by atoms with Gasteiger partial charge in [0.05, 0.1) is 48.7 Å². The third-order valence-electron chi connectivity index (χ3n) is 7.45. The number of hydrogen-bond donors (Lipinski definition) is 0. The molecule has 3 aromatic rings. The highest BCUT2D eigenvalue weighted by Gasteiger charge is 2.43. The number of alkyl halides is 3. The topological polar surface area (TPSA) is 64.4 Å². The molecule has 0 atom stereocenters. The monoisotopic (exact) mass is 588 g/mol. The quantitative estimate of drug-likeness (QED) is 0.250. The van der Waals surface area contributed by atoms with Gasteiger partial charge in [-0.25, -0.2) is 4.98 Å². The van der Waals surface area contributed by atoms with Crippen molar-refractivity contribution in [2.75, 3.05) is 20.8 Å². The van der Waals surface area contributed by atoms with Crippen molar-refractivity contribution in [1.82, 2.24) is 4.98 Å². The molecule has 0 amide bonds. The van der Waals surface area contributed by atoms with Gasteiger partial charge in [0.1, 0.15) is 11.5 Å². The highest BCUT2D eigenvalue weighted by atomic mass is 35.5. The normalized spacial score (nSPS) is 12.3. The number of pyridine rings is 1. The van der Waals surface area contributed by atoms with Crippen LogP contribution < -0.4 is 14.2 Å². The summed E-state index contributed by atoms with van der Waals surface area (Å²) in [5.41, 5.74) is -1.01. The van der Waals surface area contributed by atoms with Crippen LogP contribution in [0.5, 0.6) is 17.4 Å². The number of ether oxygens (including phenoxy) is 3. The largest absolute Gasteiger partial charge is 0.496 e. The summed E-state index contributed by atoms with van der Waals surface area (Å²) in [6, 6.07) is 11.1. The third-order valence-corrected chi connectivity index (χ3v) is 7.74. The standard InChI is InChI=1S/C32H36ClF3N2O3/c1-10-41-26-12-11-19(17-37)13-23(26)30(4,5)21-16-27(39-8)24(15-22(21)32(34,35)36)31(6,7)28-25(33)14-20(18(2)3)29(38-28)40-9/h11-16,18H,10H2,1-9H3. The smallest absolute Gasteiger partial charge is 0.416 e. The molecule has 0 radical (unpaired) electrons. The van der Waals surface area contributed by atoms with E-state index < -0.39 is 22.6 Å². The van der Waals surface area contributed by atoms with E-state index >= 15 is 0 Å². The number of aromatic nitrogens is 1. The number of methoxy groups -OCH3 is 2. The van der Waals surface area contributed by atoms with Gasteiger partial charge in [0.15, 0.2) is 0 Å². The van der Waals surface area contributed by atoms with Crippen molar-refractivity contribution in [2.24, 2.45) is 0 Å². The Morgan fingerprint density at radius 2 is 1.51 bits per heavy atom. The van der Waals surface area contributed by atoms with Crippen molar-refractivity contribution < 1.29 is 27.4 Å². The van der Waals surface area contributed by atoms with Crippen LogP contribution in [0.1, 0.15) is 93.5 Å². The summed E-state index contributed by atoms with van der Waals surface area (Å²) in [6.45, 7) is 12.9. The number of halogens is 4. The Balaban J connectivity index is 2.36. The first-order chi connectivity index (χ1) is 19.0. The summed E-state index contributed by atoms with van der Waals surface area (Å²) in [7, 11) is 2.91. The van der Waals surface area contributed by atoms with E-state index in [0.29, 0.717) is 40.1 Å². The second kappa shape index (κ2) is 11.8. The van der Waals surface area contributed by atoms with Gasteiger partial charge in [-0.1, -0.05) is 39.3 Å². The lowest BCUT2D eigenvalue weighted by molar-refractivity contribution is -0.138. The van der Waals surface area contributed by atoms with Gasteiger partial charge in [-0.3, -0.25) is 0 Å². The highest BCUT2D eigenvalue weighted by Crippen LogP contribution is 2.49. The molecular formula is C32H36ClF3N2O3. The average Bonchev–Trinajstić information content (AvgIpc) is 2.91. The lowest BCUT2D eigenvalue weighted by Gasteiger charge is -2.34. The van der Waals surface area contributed by atoms with Crippen LogP contribution in [0.15, 0.2) is 36.4 Å². The van der Waals surface area contributed by atoms with Crippen molar-refractivity contribution in [2.45, 2.75) is 71.4 Å². The van der Waals surface area contributed by atoms with Crippen LogP contribution in [0.3, 0.4) is 0 Å². The highest BCUT2D eigenvalue weighted by molar-refractivity contribution is 6.31. The first kappa shape index (κ1) is 32.1. The molecule has 0 N–H and O–H groups in total. The summed E-state index contributed by atoms with van der Waals surface area (Å²) in [5, 5.41) is 9.82. The van der Waals surface area contributed by atoms with E-state index in [4.69, 9.17) is 25.8 Å². The van der Waals surface area contributed by atoms with Crippen molar-refractivity contribution in [3.05, 3.63) is 80.5 Å². The Labute approximate surface area is 245 Å². The van der Waals surface area contributed by atoms with Crippen LogP contribution in [0, 0.1) is 11.3 Å². The lowest BCUT2D eigenvalue weighted by atomic mass is 9.72. The number of benzene rings is 2. The Morgan fingerprint density at radius 1 is 0.878 bits per heavy atom. The molecule has 0 aliphatic rings. The van der Waals surface area contributed by atoms with Crippen LogP contribution in [-0.4, -0.2) is 25.8 Å². The molecule has 220 valence electrons. The Hall–Kier alpha value is -3.44. The first-order valence-corrected chi connectivity index (χ1v) is 13.6. The van der Waals surface area contributed by atoms with E-state index in [-0.39, 0.29) is 22.8 Å². The maximum atomic E-state index is 14.8. The number of nitriles is 1. The molecule has 3 rings (SSSR count). The van der Waals surface area contributed by atoms with Gasteiger partial charge in [0.25, 0.3) is 0 Å². The van der Waals surface area contributed by atoms with Gasteiger partial charge < -0.3 is 14.2 Å². The minimum atomic E-state index is -4.71. The van der Waals surface area contributed by atoms with Crippen molar-refractivity contribution in [3.8, 4) is 23.4 Å². The molecule has 0 aliphatic carbocycles. The van der Waals surface area contributed by atoms with Gasteiger partial charge in [-0.15, -0.1) is 0 Å². The summed E-state index contributed by atoms with van der Waals surface area (Å²) in [4.78, 5) is 4.66. The van der Waals surface area contributed by atoms with Gasteiger partial charge in [-0.2, -0.15) is 18.4 Å². The summed E-state index contributed by atoms with van der Waals surface area (Å²) in [5.74, 6) is 1.08. The van der Waals surface area contributed by atoms with Crippen LogP contribution in [0.25, 0.3) is 0 Å². The molecule has 0 fully saturated rings. The maximum absolute atomic E-state index is 14.8. The molecule has 0 aliphatic heterocycles. The van der Waals surface area contributed by atoms with E-state index in [1.54, 1.807) is 58.9 Å². The zero-order valence-corrected chi connectivity index (χ0v) is 25.6. The molecule has 5 nitrogen and oxygen atoms in total. The predicted molar refractivity (Wildman–Crippen MR) is 154 cm³/mol. The van der Waals surface area contributed by atoms with Crippen molar-refractivity contribution >= 4 is 11.6 Å².